The molecule has 1 amide bonds. The van der Waals surface area contributed by atoms with Crippen molar-refractivity contribution in [1.82, 2.24) is 24.8 Å². The first kappa shape index (κ1) is 15.6. The van der Waals surface area contributed by atoms with Crippen molar-refractivity contribution in [1.29, 1.82) is 0 Å². The largest absolute Gasteiger partial charge is 0.348 e. The molecular formula is C18H19N5O2. The fourth-order valence-corrected chi connectivity index (χ4v) is 3.04. The number of amides is 1. The average molecular weight is 337 g/mol. The minimum Gasteiger partial charge on any atom is -0.348 e. The van der Waals surface area contributed by atoms with E-state index < -0.39 is 5.41 Å². The van der Waals surface area contributed by atoms with Crippen LogP contribution in [-0.2, 0) is 16.8 Å². The molecule has 1 aliphatic carbocycles. The van der Waals surface area contributed by atoms with Crippen molar-refractivity contribution in [2.24, 2.45) is 0 Å². The van der Waals surface area contributed by atoms with Crippen molar-refractivity contribution in [3.63, 3.8) is 0 Å². The van der Waals surface area contributed by atoms with Gasteiger partial charge in [0.15, 0.2) is 0 Å². The van der Waals surface area contributed by atoms with Crippen LogP contribution in [0.25, 0.3) is 11.4 Å². The lowest BCUT2D eigenvalue weighted by atomic mass is 10.1. The Hall–Kier alpha value is -2.96. The van der Waals surface area contributed by atoms with Gasteiger partial charge in [-0.1, -0.05) is 29.4 Å². The number of hydrogen-bond acceptors (Lipinski definition) is 5. The maximum atomic E-state index is 12.4. The molecule has 3 aromatic rings. The van der Waals surface area contributed by atoms with Crippen LogP contribution < -0.4 is 0 Å². The topological polar surface area (TPSA) is 77.1 Å². The molecule has 0 bridgehead atoms. The molecule has 1 saturated carbocycles. The van der Waals surface area contributed by atoms with Crippen LogP contribution in [0.3, 0.4) is 0 Å². The molecule has 0 radical (unpaired) electrons. The van der Waals surface area contributed by atoms with Gasteiger partial charge < -0.3 is 9.42 Å². The van der Waals surface area contributed by atoms with Crippen molar-refractivity contribution in [2.75, 3.05) is 14.1 Å². The van der Waals surface area contributed by atoms with E-state index in [1.807, 2.05) is 41.2 Å². The van der Waals surface area contributed by atoms with E-state index in [1.54, 1.807) is 25.2 Å². The minimum atomic E-state index is -0.633. The lowest BCUT2D eigenvalue weighted by Crippen LogP contribution is -2.33. The van der Waals surface area contributed by atoms with Crippen molar-refractivity contribution in [3.8, 4) is 11.4 Å². The normalized spacial score (nSPS) is 15.1. The Morgan fingerprint density at radius 3 is 2.76 bits per heavy atom. The Bertz CT molecular complexity index is 894. The van der Waals surface area contributed by atoms with Crippen LogP contribution in [0.1, 0.15) is 24.3 Å². The minimum absolute atomic E-state index is 0.0209. The molecule has 7 heteroatoms. The Morgan fingerprint density at radius 1 is 1.28 bits per heavy atom. The SMILES string of the molecule is CN(C)C(=O)C1(c2nc(-c3ccccc3Cn3cccn3)no2)CC1. The highest BCUT2D eigenvalue weighted by atomic mass is 16.5. The summed E-state index contributed by atoms with van der Waals surface area (Å²) >= 11 is 0. The van der Waals surface area contributed by atoms with E-state index in [2.05, 4.69) is 15.2 Å². The molecule has 0 N–H and O–H groups in total. The van der Waals surface area contributed by atoms with Crippen LogP contribution >= 0.6 is 0 Å². The fourth-order valence-electron chi connectivity index (χ4n) is 3.04. The van der Waals surface area contributed by atoms with Gasteiger partial charge in [0.2, 0.25) is 17.6 Å². The van der Waals surface area contributed by atoms with Gasteiger partial charge in [0, 0.05) is 32.1 Å². The predicted molar refractivity (Wildman–Crippen MR) is 90.7 cm³/mol. The highest BCUT2D eigenvalue weighted by molar-refractivity contribution is 5.89. The van der Waals surface area contributed by atoms with Gasteiger partial charge in [0.25, 0.3) is 0 Å². The number of benzene rings is 1. The number of hydrogen-bond donors (Lipinski definition) is 0. The van der Waals surface area contributed by atoms with E-state index in [0.29, 0.717) is 18.3 Å². The van der Waals surface area contributed by atoms with E-state index in [1.165, 1.54) is 0 Å². The summed E-state index contributed by atoms with van der Waals surface area (Å²) in [6.07, 6.45) is 5.16. The van der Waals surface area contributed by atoms with E-state index in [9.17, 15) is 4.79 Å². The van der Waals surface area contributed by atoms with E-state index in [0.717, 1.165) is 24.0 Å². The molecule has 128 valence electrons. The lowest BCUT2D eigenvalue weighted by Gasteiger charge is -2.15. The smallest absolute Gasteiger partial charge is 0.242 e. The third-order valence-corrected chi connectivity index (χ3v) is 4.55. The highest BCUT2D eigenvalue weighted by Crippen LogP contribution is 2.49. The molecule has 0 saturated heterocycles. The fraction of sp³-hybridized carbons (Fsp3) is 0.333. The van der Waals surface area contributed by atoms with Gasteiger partial charge >= 0.3 is 0 Å². The number of likely N-dealkylation sites (N-methyl/N-ethyl adjacent to an activating group) is 1. The van der Waals surface area contributed by atoms with Gasteiger partial charge in [-0.15, -0.1) is 0 Å². The van der Waals surface area contributed by atoms with Gasteiger partial charge in [-0.25, -0.2) is 0 Å². The van der Waals surface area contributed by atoms with Crippen molar-refractivity contribution in [3.05, 3.63) is 54.2 Å². The Morgan fingerprint density at radius 2 is 2.08 bits per heavy atom. The van der Waals surface area contributed by atoms with Crippen LogP contribution in [0.4, 0.5) is 0 Å². The molecule has 1 fully saturated rings. The standard InChI is InChI=1S/C18H19N5O2/c1-22(2)17(24)18(8-9-18)16-20-15(21-25-16)14-7-4-3-6-13(14)12-23-11-5-10-19-23/h3-7,10-11H,8-9,12H2,1-2H3. The van der Waals surface area contributed by atoms with Gasteiger partial charge in [0.1, 0.15) is 5.41 Å². The molecule has 0 atom stereocenters. The molecule has 2 heterocycles. The van der Waals surface area contributed by atoms with Gasteiger partial charge in [-0.05, 0) is 24.5 Å². The van der Waals surface area contributed by atoms with Crippen molar-refractivity contribution in [2.45, 2.75) is 24.8 Å². The molecule has 25 heavy (non-hydrogen) atoms. The van der Waals surface area contributed by atoms with Gasteiger partial charge in [-0.3, -0.25) is 9.48 Å². The molecule has 0 spiro atoms. The second-order valence-corrected chi connectivity index (χ2v) is 6.57. The van der Waals surface area contributed by atoms with Crippen LogP contribution in [0.5, 0.6) is 0 Å². The number of rotatable bonds is 5. The van der Waals surface area contributed by atoms with Crippen LogP contribution in [0, 0.1) is 0 Å². The summed E-state index contributed by atoms with van der Waals surface area (Å²) in [5.41, 5.74) is 1.30. The van der Waals surface area contributed by atoms with E-state index in [4.69, 9.17) is 4.52 Å². The number of carbonyl (C=O) groups excluding carboxylic acids is 1. The first-order valence-corrected chi connectivity index (χ1v) is 8.22. The Labute approximate surface area is 145 Å². The zero-order valence-corrected chi connectivity index (χ0v) is 14.2. The summed E-state index contributed by atoms with van der Waals surface area (Å²) in [6, 6.07) is 9.78. The van der Waals surface area contributed by atoms with Crippen LogP contribution in [0.2, 0.25) is 0 Å². The monoisotopic (exact) mass is 337 g/mol. The number of carbonyl (C=O) groups is 1. The molecule has 7 nitrogen and oxygen atoms in total. The Kier molecular flexibility index (Phi) is 3.63. The number of nitrogens with zero attached hydrogens (tertiary/aromatic N) is 5. The van der Waals surface area contributed by atoms with Gasteiger partial charge in [-0.2, -0.15) is 10.1 Å². The zero-order chi connectivity index (χ0) is 17.4. The summed E-state index contributed by atoms with van der Waals surface area (Å²) in [6.45, 7) is 0.620. The quantitative estimate of drug-likeness (QED) is 0.712. The van der Waals surface area contributed by atoms with Crippen molar-refractivity contribution < 1.29 is 9.32 Å². The summed E-state index contributed by atoms with van der Waals surface area (Å²) in [7, 11) is 3.50. The molecule has 0 aliphatic heterocycles. The van der Waals surface area contributed by atoms with Crippen LogP contribution in [0.15, 0.2) is 47.2 Å². The zero-order valence-electron chi connectivity index (χ0n) is 14.2. The maximum absolute atomic E-state index is 12.4. The third-order valence-electron chi connectivity index (χ3n) is 4.55. The molecule has 2 aromatic heterocycles. The highest BCUT2D eigenvalue weighted by Gasteiger charge is 2.56. The first-order chi connectivity index (χ1) is 12.1. The molecule has 1 aliphatic rings. The van der Waals surface area contributed by atoms with E-state index >= 15 is 0 Å². The molecule has 4 rings (SSSR count). The second kappa shape index (κ2) is 5.84. The molecule has 0 unspecified atom stereocenters. The van der Waals surface area contributed by atoms with Crippen LogP contribution in [-0.4, -0.2) is 44.8 Å². The van der Waals surface area contributed by atoms with E-state index in [-0.39, 0.29) is 5.91 Å². The summed E-state index contributed by atoms with van der Waals surface area (Å²) in [5.74, 6) is 0.943. The van der Waals surface area contributed by atoms with Gasteiger partial charge in [0.05, 0.1) is 6.54 Å². The molecular weight excluding hydrogens is 318 g/mol. The third kappa shape index (κ3) is 2.71. The number of aromatic nitrogens is 4. The average Bonchev–Trinajstić information content (AvgIpc) is 3.02. The lowest BCUT2D eigenvalue weighted by molar-refractivity contribution is -0.132. The van der Waals surface area contributed by atoms with Crippen molar-refractivity contribution >= 4 is 5.91 Å². The predicted octanol–water partition coefficient (Wildman–Crippen LogP) is 2.10. The summed E-state index contributed by atoms with van der Waals surface area (Å²) < 4.78 is 7.32. The maximum Gasteiger partial charge on any atom is 0.242 e. The Balaban J connectivity index is 1.66. The first-order valence-electron chi connectivity index (χ1n) is 8.22. The summed E-state index contributed by atoms with van der Waals surface area (Å²) in [4.78, 5) is 18.6. The second-order valence-electron chi connectivity index (χ2n) is 6.57. The molecule has 1 aromatic carbocycles. The summed E-state index contributed by atoms with van der Waals surface area (Å²) in [5, 5.41) is 8.38.